The quantitative estimate of drug-likeness (QED) is 0.743. The number of thiocarbonyl (C=S) groups is 1. The van der Waals surface area contributed by atoms with Crippen LogP contribution in [0.2, 0.25) is 0 Å². The van der Waals surface area contributed by atoms with Gasteiger partial charge in [0.2, 0.25) is 5.91 Å². The molecule has 92 valence electrons. The minimum atomic E-state index is -0.359. The highest BCUT2D eigenvalue weighted by Crippen LogP contribution is 2.28. The molecule has 3 atom stereocenters. The first-order valence-electron chi connectivity index (χ1n) is 5.99. The standard InChI is InChI=1S/C12H22N2OS/c1-7-4-8(2)6-10(5-7)14-12(15)9(3)11(13)16/h7-10H,4-6H2,1-3H3,(H2,13,16)(H,14,15). The average molecular weight is 242 g/mol. The number of rotatable bonds is 3. The normalized spacial score (nSPS) is 31.8. The molecule has 3 N–H and O–H groups in total. The molecular weight excluding hydrogens is 220 g/mol. The number of amides is 1. The van der Waals surface area contributed by atoms with E-state index in [0.717, 1.165) is 12.8 Å². The molecule has 0 aromatic heterocycles. The first-order valence-corrected chi connectivity index (χ1v) is 6.40. The van der Waals surface area contributed by atoms with Crippen LogP contribution < -0.4 is 11.1 Å². The van der Waals surface area contributed by atoms with Crippen LogP contribution in [0.15, 0.2) is 0 Å². The Labute approximate surface area is 103 Å². The molecule has 0 aliphatic heterocycles. The topological polar surface area (TPSA) is 55.1 Å². The lowest BCUT2D eigenvalue weighted by Crippen LogP contribution is -2.44. The zero-order valence-electron chi connectivity index (χ0n) is 10.3. The Kier molecular flexibility index (Phi) is 4.71. The molecule has 3 nitrogen and oxygen atoms in total. The molecule has 0 aromatic rings. The molecule has 0 saturated heterocycles. The third kappa shape index (κ3) is 3.74. The summed E-state index contributed by atoms with van der Waals surface area (Å²) in [5.41, 5.74) is 5.47. The predicted molar refractivity (Wildman–Crippen MR) is 70.1 cm³/mol. The lowest BCUT2D eigenvalue weighted by Gasteiger charge is -2.32. The average Bonchev–Trinajstić information content (AvgIpc) is 2.14. The van der Waals surface area contributed by atoms with Crippen molar-refractivity contribution in [1.82, 2.24) is 5.32 Å². The zero-order valence-corrected chi connectivity index (χ0v) is 11.1. The molecule has 0 radical (unpaired) electrons. The van der Waals surface area contributed by atoms with E-state index in [0.29, 0.717) is 17.9 Å². The maximum atomic E-state index is 11.8. The van der Waals surface area contributed by atoms with Crippen LogP contribution in [0.5, 0.6) is 0 Å². The molecule has 16 heavy (non-hydrogen) atoms. The van der Waals surface area contributed by atoms with Crippen LogP contribution in [0.3, 0.4) is 0 Å². The summed E-state index contributed by atoms with van der Waals surface area (Å²) >= 11 is 4.83. The van der Waals surface area contributed by atoms with E-state index in [1.165, 1.54) is 6.42 Å². The van der Waals surface area contributed by atoms with Gasteiger partial charge >= 0.3 is 0 Å². The Morgan fingerprint density at radius 2 is 1.81 bits per heavy atom. The number of nitrogens with two attached hydrogens (primary N) is 1. The van der Waals surface area contributed by atoms with E-state index < -0.39 is 0 Å². The lowest BCUT2D eigenvalue weighted by atomic mass is 9.80. The van der Waals surface area contributed by atoms with Crippen molar-refractivity contribution in [2.75, 3.05) is 0 Å². The maximum absolute atomic E-state index is 11.8. The van der Waals surface area contributed by atoms with E-state index in [1.54, 1.807) is 6.92 Å². The van der Waals surface area contributed by atoms with Crippen molar-refractivity contribution < 1.29 is 4.79 Å². The van der Waals surface area contributed by atoms with E-state index in [9.17, 15) is 4.79 Å². The van der Waals surface area contributed by atoms with Crippen LogP contribution in [0, 0.1) is 17.8 Å². The molecule has 1 aliphatic rings. The Bertz CT molecular complexity index is 270. The largest absolute Gasteiger partial charge is 0.393 e. The van der Waals surface area contributed by atoms with Crippen LogP contribution >= 0.6 is 12.2 Å². The minimum Gasteiger partial charge on any atom is -0.393 e. The highest BCUT2D eigenvalue weighted by molar-refractivity contribution is 7.80. The van der Waals surface area contributed by atoms with Gasteiger partial charge in [0.25, 0.3) is 0 Å². The van der Waals surface area contributed by atoms with Gasteiger partial charge < -0.3 is 11.1 Å². The Balaban J connectivity index is 2.47. The Morgan fingerprint density at radius 3 is 2.25 bits per heavy atom. The van der Waals surface area contributed by atoms with Gasteiger partial charge in [0.15, 0.2) is 0 Å². The molecule has 4 heteroatoms. The maximum Gasteiger partial charge on any atom is 0.229 e. The van der Waals surface area contributed by atoms with Crippen LogP contribution in [0.1, 0.15) is 40.0 Å². The number of hydrogen-bond acceptors (Lipinski definition) is 2. The third-order valence-electron chi connectivity index (χ3n) is 3.34. The molecular formula is C12H22N2OS. The zero-order chi connectivity index (χ0) is 12.3. The fourth-order valence-electron chi connectivity index (χ4n) is 2.52. The Morgan fingerprint density at radius 1 is 1.31 bits per heavy atom. The number of carbonyl (C=O) groups excluding carboxylic acids is 1. The molecule has 0 aromatic carbocycles. The highest BCUT2D eigenvalue weighted by atomic mass is 32.1. The predicted octanol–water partition coefficient (Wildman–Crippen LogP) is 1.85. The second-order valence-electron chi connectivity index (χ2n) is 5.25. The van der Waals surface area contributed by atoms with Gasteiger partial charge in [-0.25, -0.2) is 0 Å². The van der Waals surface area contributed by atoms with Crippen LogP contribution in [-0.2, 0) is 4.79 Å². The van der Waals surface area contributed by atoms with Crippen molar-refractivity contribution in [1.29, 1.82) is 0 Å². The molecule has 1 amide bonds. The van der Waals surface area contributed by atoms with E-state index in [-0.39, 0.29) is 16.8 Å². The molecule has 0 bridgehead atoms. The SMILES string of the molecule is CC1CC(C)CC(NC(=O)C(C)C(N)=S)C1. The summed E-state index contributed by atoms with van der Waals surface area (Å²) in [6.45, 7) is 6.24. The molecule has 1 aliphatic carbocycles. The summed E-state index contributed by atoms with van der Waals surface area (Å²) in [6, 6.07) is 0.294. The second-order valence-corrected chi connectivity index (χ2v) is 5.72. The van der Waals surface area contributed by atoms with Gasteiger partial charge in [-0.15, -0.1) is 0 Å². The second kappa shape index (κ2) is 5.62. The first kappa shape index (κ1) is 13.4. The smallest absolute Gasteiger partial charge is 0.229 e. The van der Waals surface area contributed by atoms with Gasteiger partial charge in [-0.05, 0) is 38.0 Å². The highest BCUT2D eigenvalue weighted by Gasteiger charge is 2.26. The summed E-state index contributed by atoms with van der Waals surface area (Å²) in [5.74, 6) is 0.990. The van der Waals surface area contributed by atoms with Gasteiger partial charge in [0.05, 0.1) is 10.9 Å². The Hall–Kier alpha value is -0.640. The number of hydrogen-bond donors (Lipinski definition) is 2. The number of carbonyl (C=O) groups is 1. The molecule has 1 rings (SSSR count). The molecule has 1 fully saturated rings. The van der Waals surface area contributed by atoms with Crippen molar-refractivity contribution in [2.24, 2.45) is 23.5 Å². The van der Waals surface area contributed by atoms with Crippen molar-refractivity contribution in [3.8, 4) is 0 Å². The van der Waals surface area contributed by atoms with E-state index >= 15 is 0 Å². The number of nitrogens with one attached hydrogen (secondary N) is 1. The van der Waals surface area contributed by atoms with Crippen LogP contribution in [0.25, 0.3) is 0 Å². The summed E-state index contributed by atoms with van der Waals surface area (Å²) in [7, 11) is 0. The first-order chi connectivity index (χ1) is 7.40. The monoisotopic (exact) mass is 242 g/mol. The van der Waals surface area contributed by atoms with Gasteiger partial charge in [-0.1, -0.05) is 26.1 Å². The van der Waals surface area contributed by atoms with Crippen molar-refractivity contribution in [2.45, 2.75) is 46.1 Å². The van der Waals surface area contributed by atoms with Gasteiger partial charge in [0.1, 0.15) is 0 Å². The van der Waals surface area contributed by atoms with Gasteiger partial charge in [-0.3, -0.25) is 4.79 Å². The fourth-order valence-corrected chi connectivity index (χ4v) is 2.63. The third-order valence-corrected chi connectivity index (χ3v) is 3.70. The molecule has 0 heterocycles. The fraction of sp³-hybridized carbons (Fsp3) is 0.833. The summed E-state index contributed by atoms with van der Waals surface area (Å²) in [4.78, 5) is 12.1. The molecule has 1 saturated carbocycles. The van der Waals surface area contributed by atoms with Crippen LogP contribution in [0.4, 0.5) is 0 Å². The van der Waals surface area contributed by atoms with E-state index in [2.05, 4.69) is 19.2 Å². The van der Waals surface area contributed by atoms with Gasteiger partial charge in [-0.2, -0.15) is 0 Å². The van der Waals surface area contributed by atoms with E-state index in [4.69, 9.17) is 18.0 Å². The molecule has 3 unspecified atom stereocenters. The minimum absolute atomic E-state index is 0.0289. The van der Waals surface area contributed by atoms with Gasteiger partial charge in [0, 0.05) is 6.04 Å². The van der Waals surface area contributed by atoms with E-state index in [1.807, 2.05) is 0 Å². The van der Waals surface area contributed by atoms with Crippen LogP contribution in [-0.4, -0.2) is 16.9 Å². The van der Waals surface area contributed by atoms with Crippen molar-refractivity contribution >= 4 is 23.1 Å². The summed E-state index contributed by atoms with van der Waals surface area (Å²) in [6.07, 6.45) is 3.40. The van der Waals surface area contributed by atoms with Crippen molar-refractivity contribution in [3.05, 3.63) is 0 Å². The summed E-state index contributed by atoms with van der Waals surface area (Å²) < 4.78 is 0. The van der Waals surface area contributed by atoms with Crippen molar-refractivity contribution in [3.63, 3.8) is 0 Å². The molecule has 0 spiro atoms. The lowest BCUT2D eigenvalue weighted by molar-refractivity contribution is -0.123. The summed E-state index contributed by atoms with van der Waals surface area (Å²) in [5, 5.41) is 3.05.